The Morgan fingerprint density at radius 2 is 1.70 bits per heavy atom. The first-order valence-electron chi connectivity index (χ1n) is 6.01. The van der Waals surface area contributed by atoms with Gasteiger partial charge in [-0.25, -0.2) is 4.39 Å². The molecule has 0 radical (unpaired) electrons. The first-order valence-corrected chi connectivity index (χ1v) is 6.01. The Hall–Kier alpha value is -2.13. The number of nitrogens with two attached hydrogens (primary N) is 1. The lowest BCUT2D eigenvalue weighted by Crippen LogP contribution is -2.07. The van der Waals surface area contributed by atoms with E-state index in [9.17, 15) is 4.39 Å². The second-order valence-corrected chi connectivity index (χ2v) is 4.11. The van der Waals surface area contributed by atoms with E-state index in [1.54, 1.807) is 18.2 Å². The van der Waals surface area contributed by atoms with Crippen molar-refractivity contribution in [2.24, 2.45) is 10.7 Å². The summed E-state index contributed by atoms with van der Waals surface area (Å²) >= 11 is 0. The van der Waals surface area contributed by atoms with Gasteiger partial charge in [-0.05, 0) is 29.3 Å². The van der Waals surface area contributed by atoms with Crippen molar-refractivity contribution in [3.63, 3.8) is 0 Å². The van der Waals surface area contributed by atoms with Crippen LogP contribution in [0.1, 0.15) is 11.1 Å². The third kappa shape index (κ3) is 5.24. The van der Waals surface area contributed by atoms with Gasteiger partial charge in [0.15, 0.2) is 0 Å². The average Bonchev–Trinajstić information content (AvgIpc) is 2.45. The highest BCUT2D eigenvalue weighted by molar-refractivity contribution is 5.95. The van der Waals surface area contributed by atoms with Gasteiger partial charge in [0.25, 0.3) is 0 Å². The molecule has 0 aliphatic carbocycles. The predicted molar refractivity (Wildman–Crippen MR) is 84.5 cm³/mol. The first kappa shape index (κ1) is 15.9. The molecule has 0 bridgehead atoms. The van der Waals surface area contributed by atoms with E-state index in [4.69, 9.17) is 5.73 Å². The molecule has 0 amide bonds. The van der Waals surface area contributed by atoms with Crippen LogP contribution in [-0.4, -0.2) is 5.84 Å². The van der Waals surface area contributed by atoms with E-state index in [1.807, 2.05) is 36.4 Å². The summed E-state index contributed by atoms with van der Waals surface area (Å²) < 4.78 is 12.7. The number of benzene rings is 2. The van der Waals surface area contributed by atoms with Crippen molar-refractivity contribution in [1.29, 1.82) is 0 Å². The third-order valence-corrected chi connectivity index (χ3v) is 2.60. The molecule has 4 heteroatoms. The smallest absolute Gasteiger partial charge is 0.123 e. The van der Waals surface area contributed by atoms with Crippen molar-refractivity contribution in [1.82, 2.24) is 0 Å². The molecule has 0 atom stereocenters. The molecule has 0 aromatic heterocycles. The van der Waals surface area contributed by atoms with E-state index in [1.165, 1.54) is 12.1 Å². The molecule has 0 heterocycles. The first-order chi connectivity index (χ1) is 9.24. The van der Waals surface area contributed by atoms with Crippen LogP contribution >= 0.6 is 12.4 Å². The highest BCUT2D eigenvalue weighted by Gasteiger charge is 1.93. The lowest BCUT2D eigenvalue weighted by atomic mass is 10.2. The zero-order chi connectivity index (χ0) is 13.5. The highest BCUT2D eigenvalue weighted by Crippen LogP contribution is 2.04. The van der Waals surface area contributed by atoms with E-state index < -0.39 is 0 Å². The number of hydrogen-bond donors (Lipinski definition) is 1. The van der Waals surface area contributed by atoms with Crippen molar-refractivity contribution < 1.29 is 4.39 Å². The van der Waals surface area contributed by atoms with Crippen LogP contribution in [0.2, 0.25) is 0 Å². The van der Waals surface area contributed by atoms with Crippen molar-refractivity contribution in [3.8, 4) is 0 Å². The molecule has 0 aliphatic rings. The van der Waals surface area contributed by atoms with E-state index in [0.29, 0.717) is 12.4 Å². The molecular formula is C16H16ClFN2. The van der Waals surface area contributed by atoms with Crippen LogP contribution in [-0.2, 0) is 6.54 Å². The number of amidine groups is 1. The van der Waals surface area contributed by atoms with Gasteiger partial charge in [-0.2, -0.15) is 0 Å². The molecule has 0 saturated carbocycles. The average molecular weight is 291 g/mol. The number of rotatable bonds is 4. The fourth-order valence-electron chi connectivity index (χ4n) is 1.57. The Kier molecular flexibility index (Phi) is 6.47. The van der Waals surface area contributed by atoms with E-state index in [0.717, 1.165) is 11.1 Å². The summed E-state index contributed by atoms with van der Waals surface area (Å²) in [6, 6.07) is 16.1. The molecule has 2 aromatic rings. The van der Waals surface area contributed by atoms with Crippen LogP contribution in [0.5, 0.6) is 0 Å². The fraction of sp³-hybridized carbons (Fsp3) is 0.0625. The third-order valence-electron chi connectivity index (χ3n) is 2.60. The number of aliphatic imine (C=N–C) groups is 1. The quantitative estimate of drug-likeness (QED) is 0.675. The van der Waals surface area contributed by atoms with Crippen LogP contribution in [0.25, 0.3) is 6.08 Å². The van der Waals surface area contributed by atoms with Crippen LogP contribution in [0.4, 0.5) is 4.39 Å². The van der Waals surface area contributed by atoms with Crippen LogP contribution in [0.15, 0.2) is 65.7 Å². The van der Waals surface area contributed by atoms with Crippen LogP contribution in [0.3, 0.4) is 0 Å². The Bertz CT molecular complexity index is 577. The van der Waals surface area contributed by atoms with E-state index in [2.05, 4.69) is 4.99 Å². The zero-order valence-electron chi connectivity index (χ0n) is 10.9. The summed E-state index contributed by atoms with van der Waals surface area (Å²) in [6.07, 6.45) is 3.67. The Labute approximate surface area is 124 Å². The molecule has 20 heavy (non-hydrogen) atoms. The topological polar surface area (TPSA) is 38.4 Å². The predicted octanol–water partition coefficient (Wildman–Crippen LogP) is 3.82. The van der Waals surface area contributed by atoms with Gasteiger partial charge in [-0.3, -0.25) is 4.99 Å². The van der Waals surface area contributed by atoms with Crippen LogP contribution in [0, 0.1) is 5.82 Å². The van der Waals surface area contributed by atoms with Crippen molar-refractivity contribution >= 4 is 24.3 Å². The summed E-state index contributed by atoms with van der Waals surface area (Å²) in [5.41, 5.74) is 7.79. The molecule has 0 spiro atoms. The molecular weight excluding hydrogens is 275 g/mol. The van der Waals surface area contributed by atoms with Gasteiger partial charge in [0, 0.05) is 0 Å². The largest absolute Gasteiger partial charge is 0.384 e. The lowest BCUT2D eigenvalue weighted by molar-refractivity contribution is 0.627. The number of nitrogens with zero attached hydrogens (tertiary/aromatic N) is 1. The SMILES string of the molecule is Cl.NC(C=Cc1ccccc1)=NCc1ccc(F)cc1. The molecule has 0 saturated heterocycles. The minimum atomic E-state index is -0.246. The second kappa shape index (κ2) is 8.12. The minimum absolute atomic E-state index is 0. The van der Waals surface area contributed by atoms with E-state index >= 15 is 0 Å². The maximum atomic E-state index is 12.7. The van der Waals surface area contributed by atoms with Gasteiger partial charge in [-0.1, -0.05) is 48.5 Å². The summed E-state index contributed by atoms with van der Waals surface area (Å²) in [6.45, 7) is 0.450. The molecule has 0 fully saturated rings. The lowest BCUT2D eigenvalue weighted by Gasteiger charge is -1.97. The van der Waals surface area contributed by atoms with Gasteiger partial charge in [-0.15, -0.1) is 12.4 Å². The minimum Gasteiger partial charge on any atom is -0.384 e. The van der Waals surface area contributed by atoms with Crippen LogP contribution < -0.4 is 5.73 Å². The maximum Gasteiger partial charge on any atom is 0.123 e. The molecule has 2 aromatic carbocycles. The molecule has 0 aliphatic heterocycles. The van der Waals surface area contributed by atoms with Crippen molar-refractivity contribution in [2.75, 3.05) is 0 Å². The van der Waals surface area contributed by atoms with Gasteiger partial charge in [0.05, 0.1) is 6.54 Å². The standard InChI is InChI=1S/C16H15FN2.ClH/c17-15-9-6-14(7-10-15)12-19-16(18)11-8-13-4-2-1-3-5-13;/h1-11H,12H2,(H2,18,19);1H. The Morgan fingerprint density at radius 3 is 2.35 bits per heavy atom. The molecule has 2 N–H and O–H groups in total. The molecule has 2 rings (SSSR count). The monoisotopic (exact) mass is 290 g/mol. The van der Waals surface area contributed by atoms with Gasteiger partial charge >= 0.3 is 0 Å². The van der Waals surface area contributed by atoms with Gasteiger partial charge in [0.2, 0.25) is 0 Å². The maximum absolute atomic E-state index is 12.7. The summed E-state index contributed by atoms with van der Waals surface area (Å²) in [7, 11) is 0. The normalized spacial score (nSPS) is 11.3. The fourth-order valence-corrected chi connectivity index (χ4v) is 1.57. The molecule has 0 unspecified atom stereocenters. The van der Waals surface area contributed by atoms with E-state index in [-0.39, 0.29) is 18.2 Å². The Balaban J connectivity index is 0.00000200. The molecule has 2 nitrogen and oxygen atoms in total. The van der Waals surface area contributed by atoms with Crippen molar-refractivity contribution in [3.05, 3.63) is 77.6 Å². The second-order valence-electron chi connectivity index (χ2n) is 4.11. The zero-order valence-corrected chi connectivity index (χ0v) is 11.7. The molecule has 104 valence electrons. The highest BCUT2D eigenvalue weighted by atomic mass is 35.5. The number of halogens is 2. The Morgan fingerprint density at radius 1 is 1.05 bits per heavy atom. The van der Waals surface area contributed by atoms with Crippen molar-refractivity contribution in [2.45, 2.75) is 6.54 Å². The van der Waals surface area contributed by atoms with Gasteiger partial charge < -0.3 is 5.73 Å². The summed E-state index contributed by atoms with van der Waals surface area (Å²) in [5, 5.41) is 0. The number of hydrogen-bond acceptors (Lipinski definition) is 1. The summed E-state index contributed by atoms with van der Waals surface area (Å²) in [4.78, 5) is 4.22. The van der Waals surface area contributed by atoms with Gasteiger partial charge in [0.1, 0.15) is 11.7 Å². The summed E-state index contributed by atoms with van der Waals surface area (Å²) in [5.74, 6) is 0.206.